The topological polar surface area (TPSA) is 75.7 Å². The average Bonchev–Trinajstić information content (AvgIpc) is 2.65. The molecular formula is C21H27ClN2O4S. The third-order valence-corrected chi connectivity index (χ3v) is 6.08. The van der Waals surface area contributed by atoms with Crippen LogP contribution in [-0.4, -0.2) is 34.2 Å². The van der Waals surface area contributed by atoms with Gasteiger partial charge < -0.3 is 10.1 Å². The number of ether oxygens (including phenoxy) is 1. The van der Waals surface area contributed by atoms with Crippen LogP contribution < -0.4 is 14.4 Å². The molecule has 29 heavy (non-hydrogen) atoms. The Balaban J connectivity index is 2.06. The number of rotatable bonds is 9. The summed E-state index contributed by atoms with van der Waals surface area (Å²) in [4.78, 5) is 12.4. The van der Waals surface area contributed by atoms with Crippen LogP contribution in [0.2, 0.25) is 5.02 Å². The van der Waals surface area contributed by atoms with Crippen LogP contribution >= 0.6 is 11.6 Å². The van der Waals surface area contributed by atoms with Gasteiger partial charge in [0.05, 0.1) is 24.1 Å². The molecule has 0 saturated heterocycles. The Labute approximate surface area is 177 Å². The normalized spacial score (nSPS) is 11.2. The molecule has 0 radical (unpaired) electrons. The summed E-state index contributed by atoms with van der Waals surface area (Å²) in [5.74, 6) is 0.323. The monoisotopic (exact) mass is 438 g/mol. The Kier molecular flexibility index (Phi) is 7.93. The molecule has 1 N–H and O–H groups in total. The van der Waals surface area contributed by atoms with Crippen LogP contribution in [0.1, 0.15) is 30.9 Å². The van der Waals surface area contributed by atoms with Gasteiger partial charge in [-0.2, -0.15) is 0 Å². The summed E-state index contributed by atoms with van der Waals surface area (Å²) < 4.78 is 30.8. The highest BCUT2D eigenvalue weighted by molar-refractivity contribution is 7.92. The van der Waals surface area contributed by atoms with Crippen LogP contribution in [0.3, 0.4) is 0 Å². The van der Waals surface area contributed by atoms with E-state index in [2.05, 4.69) is 5.32 Å². The van der Waals surface area contributed by atoms with E-state index < -0.39 is 10.0 Å². The number of carbonyl (C=O) groups is 1. The van der Waals surface area contributed by atoms with Crippen molar-refractivity contribution < 1.29 is 17.9 Å². The Hall–Kier alpha value is -2.25. The number of hydrogen-bond acceptors (Lipinski definition) is 4. The second-order valence-electron chi connectivity index (χ2n) is 6.77. The van der Waals surface area contributed by atoms with Crippen molar-refractivity contribution in [3.8, 4) is 5.75 Å². The maximum absolute atomic E-state index is 12.4. The van der Waals surface area contributed by atoms with Gasteiger partial charge in [-0.3, -0.25) is 9.10 Å². The molecule has 0 aromatic heterocycles. The lowest BCUT2D eigenvalue weighted by atomic mass is 10.1. The van der Waals surface area contributed by atoms with Gasteiger partial charge in [-0.25, -0.2) is 8.42 Å². The van der Waals surface area contributed by atoms with Crippen molar-refractivity contribution in [3.05, 3.63) is 52.5 Å². The number of nitrogens with one attached hydrogen (secondary N) is 1. The van der Waals surface area contributed by atoms with Gasteiger partial charge in [-0.1, -0.05) is 36.7 Å². The SMILES string of the molecule is CCc1cccc(C)c1NC(=O)CCCN(c1ccc(OC)c(Cl)c1)S(C)(=O)=O. The predicted octanol–water partition coefficient (Wildman–Crippen LogP) is 4.40. The summed E-state index contributed by atoms with van der Waals surface area (Å²) in [6.45, 7) is 4.16. The summed E-state index contributed by atoms with van der Waals surface area (Å²) in [6, 6.07) is 10.7. The first-order chi connectivity index (χ1) is 13.7. The van der Waals surface area contributed by atoms with E-state index in [0.29, 0.717) is 22.9 Å². The third kappa shape index (κ3) is 6.11. The highest BCUT2D eigenvalue weighted by atomic mass is 35.5. The molecule has 2 rings (SSSR count). The van der Waals surface area contributed by atoms with Crippen molar-refractivity contribution in [2.45, 2.75) is 33.1 Å². The third-order valence-electron chi connectivity index (χ3n) is 4.59. The number of amides is 1. The van der Waals surface area contributed by atoms with Gasteiger partial charge in [-0.05, 0) is 49.1 Å². The molecule has 8 heteroatoms. The van der Waals surface area contributed by atoms with E-state index in [1.54, 1.807) is 18.2 Å². The maximum atomic E-state index is 12.4. The minimum atomic E-state index is -3.53. The van der Waals surface area contributed by atoms with Crippen LogP contribution in [0.4, 0.5) is 11.4 Å². The Morgan fingerprint density at radius 1 is 1.24 bits per heavy atom. The zero-order valence-corrected chi connectivity index (χ0v) is 18.7. The molecule has 0 atom stereocenters. The number of anilines is 2. The van der Waals surface area contributed by atoms with Gasteiger partial charge in [0, 0.05) is 18.7 Å². The first-order valence-electron chi connectivity index (χ1n) is 9.37. The van der Waals surface area contributed by atoms with Crippen LogP contribution in [0, 0.1) is 6.92 Å². The van der Waals surface area contributed by atoms with Crippen molar-refractivity contribution in [1.82, 2.24) is 0 Å². The van der Waals surface area contributed by atoms with E-state index >= 15 is 0 Å². The molecule has 0 heterocycles. The Morgan fingerprint density at radius 2 is 1.97 bits per heavy atom. The average molecular weight is 439 g/mol. The molecule has 158 valence electrons. The predicted molar refractivity (Wildman–Crippen MR) is 119 cm³/mol. The van der Waals surface area contributed by atoms with Gasteiger partial charge in [0.2, 0.25) is 15.9 Å². The number of methoxy groups -OCH3 is 1. The fourth-order valence-corrected chi connectivity index (χ4v) is 4.29. The molecule has 0 unspecified atom stereocenters. The summed E-state index contributed by atoms with van der Waals surface area (Å²) >= 11 is 6.13. The molecule has 0 spiro atoms. The Bertz CT molecular complexity index is 977. The van der Waals surface area contributed by atoms with E-state index in [-0.39, 0.29) is 18.9 Å². The maximum Gasteiger partial charge on any atom is 0.232 e. The van der Waals surface area contributed by atoms with Crippen molar-refractivity contribution in [2.24, 2.45) is 0 Å². The van der Waals surface area contributed by atoms with E-state index in [4.69, 9.17) is 16.3 Å². The van der Waals surface area contributed by atoms with Crippen LogP contribution in [0.15, 0.2) is 36.4 Å². The number of carbonyl (C=O) groups excluding carboxylic acids is 1. The first kappa shape index (κ1) is 23.0. The van der Waals surface area contributed by atoms with Crippen molar-refractivity contribution >= 4 is 38.9 Å². The van der Waals surface area contributed by atoms with Crippen LogP contribution in [-0.2, 0) is 21.2 Å². The highest BCUT2D eigenvalue weighted by Gasteiger charge is 2.19. The zero-order chi connectivity index (χ0) is 21.6. The zero-order valence-electron chi connectivity index (χ0n) is 17.2. The largest absolute Gasteiger partial charge is 0.495 e. The summed E-state index contributed by atoms with van der Waals surface area (Å²) in [5.41, 5.74) is 3.35. The van der Waals surface area contributed by atoms with Gasteiger partial charge >= 0.3 is 0 Å². The quantitative estimate of drug-likeness (QED) is 0.629. The number of sulfonamides is 1. The molecule has 0 aliphatic rings. The lowest BCUT2D eigenvalue weighted by Crippen LogP contribution is -2.31. The molecule has 2 aromatic carbocycles. The second-order valence-corrected chi connectivity index (χ2v) is 9.08. The number of hydrogen-bond donors (Lipinski definition) is 1. The minimum Gasteiger partial charge on any atom is -0.495 e. The lowest BCUT2D eigenvalue weighted by Gasteiger charge is -2.23. The molecule has 0 fully saturated rings. The van der Waals surface area contributed by atoms with Crippen LogP contribution in [0.25, 0.3) is 0 Å². The van der Waals surface area contributed by atoms with E-state index in [1.807, 2.05) is 32.0 Å². The van der Waals surface area contributed by atoms with Gasteiger partial charge in [-0.15, -0.1) is 0 Å². The Morgan fingerprint density at radius 3 is 2.55 bits per heavy atom. The number of halogens is 1. The molecule has 0 bridgehead atoms. The van der Waals surface area contributed by atoms with Crippen molar-refractivity contribution in [2.75, 3.05) is 29.5 Å². The summed E-state index contributed by atoms with van der Waals surface area (Å²) in [7, 11) is -2.03. The van der Waals surface area contributed by atoms with E-state index in [1.165, 1.54) is 11.4 Å². The molecule has 2 aromatic rings. The molecule has 6 nitrogen and oxygen atoms in total. The number of benzene rings is 2. The molecule has 0 aliphatic heterocycles. The van der Waals surface area contributed by atoms with Gasteiger partial charge in [0.25, 0.3) is 0 Å². The number of nitrogens with zero attached hydrogens (tertiary/aromatic N) is 1. The molecule has 0 saturated carbocycles. The number of para-hydroxylation sites is 1. The number of aryl methyl sites for hydroxylation is 2. The van der Waals surface area contributed by atoms with Crippen molar-refractivity contribution in [3.63, 3.8) is 0 Å². The summed E-state index contributed by atoms with van der Waals surface area (Å²) in [5, 5.41) is 3.28. The molecule has 0 aliphatic carbocycles. The molecule has 1 amide bonds. The van der Waals surface area contributed by atoms with Crippen LogP contribution in [0.5, 0.6) is 5.75 Å². The highest BCUT2D eigenvalue weighted by Crippen LogP contribution is 2.30. The van der Waals surface area contributed by atoms with Crippen molar-refractivity contribution in [1.29, 1.82) is 0 Å². The van der Waals surface area contributed by atoms with Gasteiger partial charge in [0.15, 0.2) is 0 Å². The fraction of sp³-hybridized carbons (Fsp3) is 0.381. The minimum absolute atomic E-state index is 0.143. The first-order valence-corrected chi connectivity index (χ1v) is 11.6. The van der Waals surface area contributed by atoms with E-state index in [9.17, 15) is 13.2 Å². The van der Waals surface area contributed by atoms with E-state index in [0.717, 1.165) is 29.5 Å². The summed E-state index contributed by atoms with van der Waals surface area (Å²) in [6.07, 6.45) is 2.52. The smallest absolute Gasteiger partial charge is 0.232 e. The lowest BCUT2D eigenvalue weighted by molar-refractivity contribution is -0.116. The van der Waals surface area contributed by atoms with Gasteiger partial charge in [0.1, 0.15) is 5.75 Å². The fourth-order valence-electron chi connectivity index (χ4n) is 3.08. The second kappa shape index (κ2) is 9.98. The molecular weight excluding hydrogens is 412 g/mol. The standard InChI is InChI=1S/C21H27ClN2O4S/c1-5-16-9-6-8-15(2)21(16)23-20(25)10-7-13-24(29(4,26)27)17-11-12-19(28-3)18(22)14-17/h6,8-9,11-12,14H,5,7,10,13H2,1-4H3,(H,23,25).